The van der Waals surface area contributed by atoms with Crippen LogP contribution in [0.15, 0.2) is 29.5 Å². The molecule has 0 aromatic heterocycles. The third-order valence-corrected chi connectivity index (χ3v) is 3.59. The van der Waals surface area contributed by atoms with Gasteiger partial charge in [-0.05, 0) is 19.1 Å². The summed E-state index contributed by atoms with van der Waals surface area (Å²) in [5, 5.41) is 5.83. The number of ether oxygens (including phenoxy) is 2. The molecule has 1 heterocycles. The van der Waals surface area contributed by atoms with Gasteiger partial charge in [0.15, 0.2) is 0 Å². The van der Waals surface area contributed by atoms with E-state index in [0.717, 1.165) is 0 Å². The first kappa shape index (κ1) is 16.5. The van der Waals surface area contributed by atoms with Gasteiger partial charge >= 0.3 is 12.0 Å². The molecule has 22 heavy (non-hydrogen) atoms. The molecule has 1 aromatic rings. The van der Waals surface area contributed by atoms with Gasteiger partial charge in [0.2, 0.25) is 0 Å². The number of hydrogen-bond acceptors (Lipinski definition) is 4. The molecule has 1 aliphatic heterocycles. The minimum atomic E-state index is -0.497. The van der Waals surface area contributed by atoms with Crippen LogP contribution in [-0.2, 0) is 9.53 Å². The van der Waals surface area contributed by atoms with E-state index in [-0.39, 0.29) is 19.8 Å². The Morgan fingerprint density at radius 1 is 1.32 bits per heavy atom. The molecule has 1 aromatic carbocycles. The summed E-state index contributed by atoms with van der Waals surface area (Å²) in [6, 6.07) is 4.39. The van der Waals surface area contributed by atoms with Crippen LogP contribution in [0.2, 0.25) is 10.0 Å². The molecule has 6 nitrogen and oxygen atoms in total. The van der Waals surface area contributed by atoms with E-state index in [4.69, 9.17) is 32.7 Å². The Hall–Kier alpha value is -1.92. The molecule has 118 valence electrons. The number of nitrogens with one attached hydrogen (secondary N) is 2. The van der Waals surface area contributed by atoms with E-state index < -0.39 is 12.0 Å². The van der Waals surface area contributed by atoms with Crippen LogP contribution in [0.3, 0.4) is 0 Å². The van der Waals surface area contributed by atoms with Gasteiger partial charge in [0.1, 0.15) is 12.4 Å². The van der Waals surface area contributed by atoms with Gasteiger partial charge in [-0.25, -0.2) is 9.59 Å². The van der Waals surface area contributed by atoms with Crippen LogP contribution in [-0.4, -0.2) is 31.8 Å². The quantitative estimate of drug-likeness (QED) is 0.804. The maximum Gasteiger partial charge on any atom is 0.337 e. The van der Waals surface area contributed by atoms with Gasteiger partial charge in [-0.15, -0.1) is 0 Å². The summed E-state index contributed by atoms with van der Waals surface area (Å²) in [6.07, 6.45) is 0. The summed E-state index contributed by atoms with van der Waals surface area (Å²) in [7, 11) is 0. The molecule has 1 aliphatic rings. The Morgan fingerprint density at radius 2 is 2.09 bits per heavy atom. The summed E-state index contributed by atoms with van der Waals surface area (Å²) in [5.74, 6) is -0.0272. The van der Waals surface area contributed by atoms with Crippen molar-refractivity contribution in [2.24, 2.45) is 0 Å². The van der Waals surface area contributed by atoms with E-state index in [1.54, 1.807) is 25.1 Å². The molecule has 0 atom stereocenters. The van der Waals surface area contributed by atoms with Crippen LogP contribution in [0.5, 0.6) is 5.75 Å². The lowest BCUT2D eigenvalue weighted by atomic mass is 10.1. The van der Waals surface area contributed by atoms with E-state index in [0.29, 0.717) is 27.1 Å². The summed E-state index contributed by atoms with van der Waals surface area (Å²) in [4.78, 5) is 23.3. The first-order valence-corrected chi connectivity index (χ1v) is 7.28. The van der Waals surface area contributed by atoms with E-state index in [1.165, 1.54) is 0 Å². The van der Waals surface area contributed by atoms with Crippen molar-refractivity contribution < 1.29 is 19.1 Å². The van der Waals surface area contributed by atoms with Crippen molar-refractivity contribution in [1.82, 2.24) is 10.6 Å². The highest BCUT2D eigenvalue weighted by Crippen LogP contribution is 2.26. The molecule has 2 rings (SSSR count). The molecule has 0 fully saturated rings. The number of halogens is 2. The predicted octanol–water partition coefficient (Wildman–Crippen LogP) is 2.50. The number of urea groups is 1. The largest absolute Gasteiger partial charge is 0.487 e. The van der Waals surface area contributed by atoms with Crippen molar-refractivity contribution in [3.05, 3.63) is 39.5 Å². The number of hydrogen-bond donors (Lipinski definition) is 2. The normalized spacial score (nSPS) is 14.2. The minimum absolute atomic E-state index is 0.000467. The number of carbonyl (C=O) groups excluding carboxylic acids is 2. The molecule has 0 unspecified atom stereocenters. The highest BCUT2D eigenvalue weighted by molar-refractivity contribution is 6.42. The van der Waals surface area contributed by atoms with Gasteiger partial charge < -0.3 is 20.1 Å². The zero-order valence-electron chi connectivity index (χ0n) is 11.7. The summed E-state index contributed by atoms with van der Waals surface area (Å²) in [5.41, 5.74) is 0.676. The Morgan fingerprint density at radius 3 is 2.77 bits per heavy atom. The van der Waals surface area contributed by atoms with Crippen molar-refractivity contribution in [1.29, 1.82) is 0 Å². The zero-order chi connectivity index (χ0) is 16.1. The highest BCUT2D eigenvalue weighted by atomic mass is 35.5. The average molecular weight is 345 g/mol. The Bertz CT molecular complexity index is 631. The first-order valence-electron chi connectivity index (χ1n) is 6.53. The van der Waals surface area contributed by atoms with Crippen molar-refractivity contribution in [3.8, 4) is 5.75 Å². The van der Waals surface area contributed by atoms with Crippen LogP contribution in [0.25, 0.3) is 0 Å². The molecule has 8 heteroatoms. The van der Waals surface area contributed by atoms with Crippen LogP contribution in [0, 0.1) is 0 Å². The topological polar surface area (TPSA) is 76.7 Å². The number of benzene rings is 1. The van der Waals surface area contributed by atoms with Gasteiger partial charge in [0, 0.05) is 6.07 Å². The monoisotopic (exact) mass is 344 g/mol. The average Bonchev–Trinajstić information content (AvgIpc) is 2.49. The highest BCUT2D eigenvalue weighted by Gasteiger charge is 2.23. The maximum absolute atomic E-state index is 11.9. The van der Waals surface area contributed by atoms with Crippen LogP contribution in [0.4, 0.5) is 4.79 Å². The van der Waals surface area contributed by atoms with E-state index in [1.807, 2.05) is 0 Å². The van der Waals surface area contributed by atoms with Crippen LogP contribution < -0.4 is 15.4 Å². The molecule has 0 spiro atoms. The number of carbonyl (C=O) groups is 2. The molecular formula is C14H14Cl2N2O4. The van der Waals surface area contributed by atoms with E-state index >= 15 is 0 Å². The second kappa shape index (κ2) is 7.38. The van der Waals surface area contributed by atoms with Crippen molar-refractivity contribution in [3.63, 3.8) is 0 Å². The summed E-state index contributed by atoms with van der Waals surface area (Å²) in [6.45, 7) is 2.04. The van der Waals surface area contributed by atoms with E-state index in [2.05, 4.69) is 10.6 Å². The molecule has 0 saturated heterocycles. The van der Waals surface area contributed by atoms with Crippen molar-refractivity contribution in [2.75, 3.05) is 19.8 Å². The van der Waals surface area contributed by atoms with Gasteiger partial charge in [-0.1, -0.05) is 23.2 Å². The second-order valence-corrected chi connectivity index (χ2v) is 5.16. The molecule has 0 aliphatic carbocycles. The smallest absolute Gasteiger partial charge is 0.337 e. The van der Waals surface area contributed by atoms with Crippen LogP contribution >= 0.6 is 23.2 Å². The summed E-state index contributed by atoms with van der Waals surface area (Å²) >= 11 is 11.7. The van der Waals surface area contributed by atoms with Crippen molar-refractivity contribution in [2.45, 2.75) is 6.92 Å². The fourth-order valence-electron chi connectivity index (χ4n) is 1.79. The second-order valence-electron chi connectivity index (χ2n) is 4.35. The predicted molar refractivity (Wildman–Crippen MR) is 82.2 cm³/mol. The van der Waals surface area contributed by atoms with Gasteiger partial charge in [-0.2, -0.15) is 0 Å². The molecular weight excluding hydrogens is 331 g/mol. The molecule has 0 saturated carbocycles. The number of amides is 2. The lowest BCUT2D eigenvalue weighted by molar-refractivity contribution is -0.138. The lowest BCUT2D eigenvalue weighted by Crippen LogP contribution is -2.45. The first-order chi connectivity index (χ1) is 10.5. The lowest BCUT2D eigenvalue weighted by Gasteiger charge is -2.21. The van der Waals surface area contributed by atoms with Crippen molar-refractivity contribution >= 4 is 35.2 Å². The third-order valence-electron chi connectivity index (χ3n) is 2.85. The van der Waals surface area contributed by atoms with Gasteiger partial charge in [-0.3, -0.25) is 0 Å². The maximum atomic E-state index is 11.9. The van der Waals surface area contributed by atoms with E-state index in [9.17, 15) is 9.59 Å². The standard InChI is InChI=1S/C14H14Cl2N2O4/c1-2-21-13(19)9-6-17-14(20)18-12(9)7-22-8-3-4-10(15)11(16)5-8/h3-5H,2,6-7H2,1H3,(H2,17,18,20). The molecule has 2 amide bonds. The number of esters is 1. The Kier molecular flexibility index (Phi) is 5.51. The molecule has 0 radical (unpaired) electrons. The zero-order valence-corrected chi connectivity index (χ0v) is 13.3. The fourth-order valence-corrected chi connectivity index (χ4v) is 2.08. The minimum Gasteiger partial charge on any atom is -0.487 e. The van der Waals surface area contributed by atoms with Gasteiger partial charge in [0.25, 0.3) is 0 Å². The van der Waals surface area contributed by atoms with Crippen LogP contribution in [0.1, 0.15) is 6.92 Å². The molecule has 2 N–H and O–H groups in total. The SMILES string of the molecule is CCOC(=O)C1=C(COc2ccc(Cl)c(Cl)c2)NC(=O)NC1. The fraction of sp³-hybridized carbons (Fsp3) is 0.286. The summed E-state index contributed by atoms with van der Waals surface area (Å²) < 4.78 is 10.5. The molecule has 0 bridgehead atoms. The Labute approximate surface area is 137 Å². The Balaban J connectivity index is 2.13. The third kappa shape index (κ3) is 4.05. The van der Waals surface area contributed by atoms with Gasteiger partial charge in [0.05, 0.1) is 34.5 Å². The number of rotatable bonds is 5.